The van der Waals surface area contributed by atoms with Gasteiger partial charge in [-0.25, -0.2) is 5.43 Å². The van der Waals surface area contributed by atoms with Gasteiger partial charge in [0.2, 0.25) is 0 Å². The van der Waals surface area contributed by atoms with Gasteiger partial charge in [-0.2, -0.15) is 5.10 Å². The Balaban J connectivity index is 1.73. The maximum Gasteiger partial charge on any atom is 0.262 e. The number of rotatable bonds is 12. The molecule has 0 heterocycles. The fourth-order valence-electron chi connectivity index (χ4n) is 3.64. The lowest BCUT2D eigenvalue weighted by Crippen LogP contribution is -2.50. The first kappa shape index (κ1) is 29.5. The predicted octanol–water partition coefficient (Wildman–Crippen LogP) is 5.08. The molecule has 0 saturated heterocycles. The third-order valence-corrected chi connectivity index (χ3v) is 6.16. The molecule has 3 aromatic rings. The van der Waals surface area contributed by atoms with Crippen molar-refractivity contribution >= 4 is 41.2 Å². The molecule has 0 aliphatic rings. The molecule has 8 nitrogen and oxygen atoms in total. The Bertz CT molecular complexity index is 1350. The van der Waals surface area contributed by atoms with Crippen molar-refractivity contribution in [1.82, 2.24) is 10.7 Å². The van der Waals surface area contributed by atoms with Gasteiger partial charge < -0.3 is 19.9 Å². The lowest BCUT2D eigenvalue weighted by atomic mass is 10.1. The Labute approximate surface area is 237 Å². The molecule has 39 heavy (non-hydrogen) atoms. The lowest BCUT2D eigenvalue weighted by Gasteiger charge is -2.21. The molecule has 3 N–H and O–H groups in total. The number of hydrogen-bond donors (Lipinski definition) is 3. The van der Waals surface area contributed by atoms with Gasteiger partial charge in [-0.3, -0.25) is 9.59 Å². The van der Waals surface area contributed by atoms with Crippen LogP contribution in [-0.4, -0.2) is 42.4 Å². The van der Waals surface area contributed by atoms with Crippen molar-refractivity contribution in [2.75, 3.05) is 7.11 Å². The average Bonchev–Trinajstić information content (AvgIpc) is 2.92. The first-order valence-corrected chi connectivity index (χ1v) is 12.8. The molecule has 0 unspecified atom stereocenters. The topological polar surface area (TPSA) is 109 Å². The van der Waals surface area contributed by atoms with E-state index in [2.05, 4.69) is 22.4 Å². The standard InChI is InChI=1S/C29H29Cl2N3O5/c1-4-8-21-13-20(15-26(38-3)27(21)35)17-32-34-29(37)24(14-19-9-6-5-7-10-19)33-28(36)18(2)39-25-12-11-22(30)16-23(25)31/h4-7,9-13,15-18,24,35H,1,8,14H2,2-3H3,(H,33,36)(H,34,37)/b32-17-/t18-,24-/m0/s1. The Morgan fingerprint density at radius 3 is 2.49 bits per heavy atom. The normalized spacial score (nSPS) is 12.4. The van der Waals surface area contributed by atoms with Gasteiger partial charge >= 0.3 is 0 Å². The average molecular weight is 570 g/mol. The van der Waals surface area contributed by atoms with Crippen LogP contribution in [-0.2, 0) is 22.4 Å². The maximum absolute atomic E-state index is 13.1. The molecular formula is C29H29Cl2N3O5. The van der Waals surface area contributed by atoms with Gasteiger partial charge in [-0.1, -0.05) is 59.6 Å². The second-order valence-corrected chi connectivity index (χ2v) is 9.39. The van der Waals surface area contributed by atoms with Crippen LogP contribution >= 0.6 is 23.2 Å². The molecule has 3 rings (SSSR count). The SMILES string of the molecule is C=CCc1cc(/C=N\NC(=O)[C@H](Cc2ccccc2)NC(=O)[C@H](C)Oc2ccc(Cl)cc2Cl)cc(OC)c1O. The number of benzene rings is 3. The molecular weight excluding hydrogens is 541 g/mol. The maximum atomic E-state index is 13.1. The van der Waals surface area contributed by atoms with Crippen LogP contribution < -0.4 is 20.2 Å². The quantitative estimate of drug-likeness (QED) is 0.160. The zero-order valence-electron chi connectivity index (χ0n) is 21.5. The third kappa shape index (κ3) is 8.49. The number of hydrogen-bond acceptors (Lipinski definition) is 6. The van der Waals surface area contributed by atoms with E-state index in [1.165, 1.54) is 19.4 Å². The van der Waals surface area contributed by atoms with E-state index < -0.39 is 24.0 Å². The van der Waals surface area contributed by atoms with E-state index >= 15 is 0 Å². The van der Waals surface area contributed by atoms with Crippen LogP contribution in [0.3, 0.4) is 0 Å². The summed E-state index contributed by atoms with van der Waals surface area (Å²) in [4.78, 5) is 26.1. The second kappa shape index (κ2) is 14.2. The number of carbonyl (C=O) groups excluding carboxylic acids is 2. The second-order valence-electron chi connectivity index (χ2n) is 8.54. The summed E-state index contributed by atoms with van der Waals surface area (Å²) in [6.45, 7) is 5.24. The van der Waals surface area contributed by atoms with E-state index in [1.807, 2.05) is 30.3 Å². The summed E-state index contributed by atoms with van der Waals surface area (Å²) in [5, 5.41) is 17.8. The van der Waals surface area contributed by atoms with E-state index in [4.69, 9.17) is 32.7 Å². The highest BCUT2D eigenvalue weighted by Gasteiger charge is 2.25. The number of carbonyl (C=O) groups is 2. The van der Waals surface area contributed by atoms with E-state index in [9.17, 15) is 14.7 Å². The van der Waals surface area contributed by atoms with Crippen LogP contribution in [0.4, 0.5) is 0 Å². The van der Waals surface area contributed by atoms with Gasteiger partial charge in [-0.15, -0.1) is 6.58 Å². The number of nitrogens with zero attached hydrogens (tertiary/aromatic N) is 1. The van der Waals surface area contributed by atoms with Crippen LogP contribution in [0.2, 0.25) is 10.0 Å². The molecule has 204 valence electrons. The number of amides is 2. The molecule has 0 spiro atoms. The Morgan fingerprint density at radius 2 is 1.82 bits per heavy atom. The smallest absolute Gasteiger partial charge is 0.262 e. The molecule has 2 amide bonds. The molecule has 0 radical (unpaired) electrons. The summed E-state index contributed by atoms with van der Waals surface area (Å²) in [6.07, 6.45) is 2.76. The minimum absolute atomic E-state index is 0.0143. The van der Waals surface area contributed by atoms with E-state index in [-0.39, 0.29) is 28.7 Å². The molecule has 2 atom stereocenters. The van der Waals surface area contributed by atoms with Gasteiger partial charge in [-0.05, 0) is 54.8 Å². The fraction of sp³-hybridized carbons (Fsp3) is 0.207. The van der Waals surface area contributed by atoms with Crippen LogP contribution in [0.5, 0.6) is 17.2 Å². The summed E-state index contributed by atoms with van der Waals surface area (Å²) in [5.41, 5.74) is 4.51. The number of methoxy groups -OCH3 is 1. The van der Waals surface area contributed by atoms with Crippen LogP contribution in [0.25, 0.3) is 0 Å². The summed E-state index contributed by atoms with van der Waals surface area (Å²) in [6, 6.07) is 16.3. The Kier molecular flexibility index (Phi) is 10.8. The van der Waals surface area contributed by atoms with Crippen molar-refractivity contribution in [3.05, 3.63) is 100 Å². The lowest BCUT2D eigenvalue weighted by molar-refractivity contribution is -0.132. The summed E-state index contributed by atoms with van der Waals surface area (Å²) in [7, 11) is 1.44. The van der Waals surface area contributed by atoms with Gasteiger partial charge in [0.05, 0.1) is 18.3 Å². The van der Waals surface area contributed by atoms with Crippen molar-refractivity contribution in [2.45, 2.75) is 31.9 Å². The molecule has 0 fully saturated rings. The van der Waals surface area contributed by atoms with E-state index in [0.29, 0.717) is 22.6 Å². The first-order valence-electron chi connectivity index (χ1n) is 12.0. The van der Waals surface area contributed by atoms with Crippen LogP contribution in [0.15, 0.2) is 78.4 Å². The minimum atomic E-state index is -0.953. The number of hydrazone groups is 1. The minimum Gasteiger partial charge on any atom is -0.504 e. The van der Waals surface area contributed by atoms with Gasteiger partial charge in [0, 0.05) is 17.0 Å². The Hall–Kier alpha value is -4.01. The van der Waals surface area contributed by atoms with Crippen molar-refractivity contribution in [2.24, 2.45) is 5.10 Å². The highest BCUT2D eigenvalue weighted by Crippen LogP contribution is 2.31. The largest absolute Gasteiger partial charge is 0.504 e. The zero-order chi connectivity index (χ0) is 28.4. The number of ether oxygens (including phenoxy) is 2. The third-order valence-electron chi connectivity index (χ3n) is 5.63. The molecule has 0 aromatic heterocycles. The van der Waals surface area contributed by atoms with Crippen molar-refractivity contribution in [3.63, 3.8) is 0 Å². The van der Waals surface area contributed by atoms with Crippen molar-refractivity contribution in [3.8, 4) is 17.2 Å². The molecule has 0 bridgehead atoms. The number of halogens is 2. The van der Waals surface area contributed by atoms with Crippen molar-refractivity contribution in [1.29, 1.82) is 0 Å². The van der Waals surface area contributed by atoms with E-state index in [1.54, 1.807) is 37.3 Å². The number of phenolic OH excluding ortho intramolecular Hbond substituents is 1. The van der Waals surface area contributed by atoms with Gasteiger partial charge in [0.25, 0.3) is 11.8 Å². The zero-order valence-corrected chi connectivity index (χ0v) is 23.0. The number of phenols is 1. The highest BCUT2D eigenvalue weighted by atomic mass is 35.5. The molecule has 3 aromatic carbocycles. The van der Waals surface area contributed by atoms with Gasteiger partial charge in [0.15, 0.2) is 17.6 Å². The Morgan fingerprint density at radius 1 is 1.08 bits per heavy atom. The number of nitrogens with one attached hydrogen (secondary N) is 2. The summed E-state index contributed by atoms with van der Waals surface area (Å²) >= 11 is 12.1. The molecule has 0 saturated carbocycles. The van der Waals surface area contributed by atoms with Crippen LogP contribution in [0, 0.1) is 0 Å². The van der Waals surface area contributed by atoms with Crippen molar-refractivity contribution < 1.29 is 24.2 Å². The number of allylic oxidation sites excluding steroid dienone is 1. The predicted molar refractivity (Wildman–Crippen MR) is 153 cm³/mol. The van der Waals surface area contributed by atoms with Gasteiger partial charge in [0.1, 0.15) is 11.8 Å². The van der Waals surface area contributed by atoms with E-state index in [0.717, 1.165) is 5.56 Å². The summed E-state index contributed by atoms with van der Waals surface area (Å²) < 4.78 is 10.9. The fourth-order valence-corrected chi connectivity index (χ4v) is 4.09. The monoisotopic (exact) mass is 569 g/mol. The first-order chi connectivity index (χ1) is 18.7. The molecule has 0 aliphatic heterocycles. The summed E-state index contributed by atoms with van der Waals surface area (Å²) in [5.74, 6) is -0.472. The highest BCUT2D eigenvalue weighted by molar-refractivity contribution is 6.35. The molecule has 10 heteroatoms. The number of aromatic hydroxyl groups is 1. The molecule has 0 aliphatic carbocycles. The van der Waals surface area contributed by atoms with Crippen LogP contribution in [0.1, 0.15) is 23.6 Å².